The number of rotatable bonds is 7. The van der Waals surface area contributed by atoms with Gasteiger partial charge in [0.2, 0.25) is 5.88 Å². The maximum absolute atomic E-state index is 9.94. The topological polar surface area (TPSA) is 77.4 Å². The fourth-order valence-electron chi connectivity index (χ4n) is 4.79. The summed E-state index contributed by atoms with van der Waals surface area (Å²) in [4.78, 5) is 14.4. The Bertz CT molecular complexity index is 830. The molecule has 0 radical (unpaired) electrons. The number of ether oxygens (including phenoxy) is 2. The van der Waals surface area contributed by atoms with Gasteiger partial charge in [0.1, 0.15) is 11.9 Å². The Hall–Kier alpha value is -1.79. The zero-order valence-corrected chi connectivity index (χ0v) is 18.3. The van der Waals surface area contributed by atoms with E-state index in [9.17, 15) is 5.11 Å². The van der Waals surface area contributed by atoms with Crippen LogP contribution in [0.5, 0.6) is 5.88 Å². The van der Waals surface area contributed by atoms with Crippen molar-refractivity contribution in [3.05, 3.63) is 23.8 Å². The van der Waals surface area contributed by atoms with Gasteiger partial charge in [0, 0.05) is 37.2 Å². The first-order valence-electron chi connectivity index (χ1n) is 11.7. The summed E-state index contributed by atoms with van der Waals surface area (Å²) in [6.45, 7) is 5.97. The summed E-state index contributed by atoms with van der Waals surface area (Å²) < 4.78 is 11.7. The van der Waals surface area contributed by atoms with Gasteiger partial charge in [-0.15, -0.1) is 0 Å². The van der Waals surface area contributed by atoms with E-state index in [0.717, 1.165) is 74.9 Å². The number of aliphatic hydroxyl groups is 1. The van der Waals surface area contributed by atoms with Crippen molar-refractivity contribution in [2.45, 2.75) is 89.8 Å². The molecule has 6 heteroatoms. The van der Waals surface area contributed by atoms with Crippen LogP contribution in [0.15, 0.2) is 12.4 Å². The maximum Gasteiger partial charge on any atom is 0.224 e. The molecular weight excluding hydrogens is 378 g/mol. The molecule has 2 aliphatic rings. The van der Waals surface area contributed by atoms with Gasteiger partial charge in [-0.3, -0.25) is 0 Å². The first-order chi connectivity index (χ1) is 14.6. The summed E-state index contributed by atoms with van der Waals surface area (Å²) in [6.07, 6.45) is 12.5. The molecule has 0 aromatic carbocycles. The van der Waals surface area contributed by atoms with Crippen LogP contribution in [0.25, 0.3) is 10.9 Å². The fourth-order valence-corrected chi connectivity index (χ4v) is 4.79. The summed E-state index contributed by atoms with van der Waals surface area (Å²) >= 11 is 0. The normalized spacial score (nSPS) is 24.1. The van der Waals surface area contributed by atoms with Gasteiger partial charge in [-0.2, -0.15) is 0 Å². The van der Waals surface area contributed by atoms with Crippen molar-refractivity contribution in [1.82, 2.24) is 15.0 Å². The number of aromatic nitrogens is 3. The van der Waals surface area contributed by atoms with Crippen LogP contribution >= 0.6 is 0 Å². The van der Waals surface area contributed by atoms with E-state index >= 15 is 0 Å². The maximum atomic E-state index is 9.94. The van der Waals surface area contributed by atoms with Gasteiger partial charge in [-0.05, 0) is 37.5 Å². The second-order valence-electron chi connectivity index (χ2n) is 9.10. The highest BCUT2D eigenvalue weighted by atomic mass is 16.5. The molecule has 1 saturated heterocycles. The second kappa shape index (κ2) is 10.0. The molecule has 2 fully saturated rings. The van der Waals surface area contributed by atoms with Crippen molar-refractivity contribution in [3.63, 3.8) is 0 Å². The molecule has 1 atom stereocenters. The van der Waals surface area contributed by atoms with Crippen molar-refractivity contribution in [3.8, 4) is 5.88 Å². The molecule has 4 rings (SSSR count). The van der Waals surface area contributed by atoms with Crippen molar-refractivity contribution in [2.24, 2.45) is 5.92 Å². The molecule has 1 saturated carbocycles. The van der Waals surface area contributed by atoms with Crippen molar-refractivity contribution in [2.75, 3.05) is 13.2 Å². The van der Waals surface area contributed by atoms with Gasteiger partial charge in [-0.1, -0.05) is 26.7 Å². The Morgan fingerprint density at radius 2 is 1.87 bits per heavy atom. The lowest BCUT2D eigenvalue weighted by atomic mass is 9.82. The summed E-state index contributed by atoms with van der Waals surface area (Å²) in [5.41, 5.74) is 2.17. The largest absolute Gasteiger partial charge is 0.474 e. The minimum atomic E-state index is -0.170. The van der Waals surface area contributed by atoms with Gasteiger partial charge in [0.15, 0.2) is 0 Å². The standard InChI is InChI=1S/C24H35N3O3/c1-3-4-16(2)13-22-25-15-21-23(27-22)20(17-5-7-18(28)8-6-17)14-26-24(21)30-19-9-11-29-12-10-19/h14-19,28H,3-13H2,1-2H3. The fraction of sp³-hybridized carbons (Fsp3) is 0.708. The number of fused-ring (bicyclic) bond motifs is 1. The summed E-state index contributed by atoms with van der Waals surface area (Å²) in [5.74, 6) is 2.50. The van der Waals surface area contributed by atoms with Crippen LogP contribution in [0.4, 0.5) is 0 Å². The van der Waals surface area contributed by atoms with E-state index in [0.29, 0.717) is 17.7 Å². The highest BCUT2D eigenvalue weighted by molar-refractivity contribution is 5.85. The average Bonchev–Trinajstić information content (AvgIpc) is 2.75. The van der Waals surface area contributed by atoms with Gasteiger partial charge < -0.3 is 14.6 Å². The van der Waals surface area contributed by atoms with E-state index in [2.05, 4.69) is 18.8 Å². The predicted molar refractivity (Wildman–Crippen MR) is 117 cm³/mol. The molecule has 164 valence electrons. The van der Waals surface area contributed by atoms with Gasteiger partial charge in [0.25, 0.3) is 0 Å². The number of pyridine rings is 1. The average molecular weight is 414 g/mol. The quantitative estimate of drug-likeness (QED) is 0.716. The second-order valence-corrected chi connectivity index (χ2v) is 9.10. The van der Waals surface area contributed by atoms with E-state index in [4.69, 9.17) is 19.4 Å². The first kappa shape index (κ1) is 21.4. The Balaban J connectivity index is 1.67. The molecule has 1 unspecified atom stereocenters. The minimum absolute atomic E-state index is 0.134. The molecular formula is C24H35N3O3. The first-order valence-corrected chi connectivity index (χ1v) is 11.7. The Labute approximate surface area is 179 Å². The van der Waals surface area contributed by atoms with Crippen LogP contribution in [0, 0.1) is 5.92 Å². The lowest BCUT2D eigenvalue weighted by molar-refractivity contribution is 0.0244. The van der Waals surface area contributed by atoms with E-state index < -0.39 is 0 Å². The van der Waals surface area contributed by atoms with Crippen molar-refractivity contribution >= 4 is 10.9 Å². The van der Waals surface area contributed by atoms with Crippen LogP contribution in [0.1, 0.15) is 82.5 Å². The van der Waals surface area contributed by atoms with Gasteiger partial charge >= 0.3 is 0 Å². The highest BCUT2D eigenvalue weighted by Gasteiger charge is 2.26. The zero-order chi connectivity index (χ0) is 20.9. The Kier molecular flexibility index (Phi) is 7.16. The molecule has 2 aromatic heterocycles. The number of aliphatic hydroxyl groups excluding tert-OH is 1. The molecule has 6 nitrogen and oxygen atoms in total. The van der Waals surface area contributed by atoms with Crippen molar-refractivity contribution in [1.29, 1.82) is 0 Å². The monoisotopic (exact) mass is 413 g/mol. The Morgan fingerprint density at radius 1 is 1.10 bits per heavy atom. The smallest absolute Gasteiger partial charge is 0.224 e. The number of hydrogen-bond donors (Lipinski definition) is 1. The van der Waals surface area contributed by atoms with E-state index in [1.165, 1.54) is 18.4 Å². The summed E-state index contributed by atoms with van der Waals surface area (Å²) in [7, 11) is 0. The Morgan fingerprint density at radius 3 is 2.60 bits per heavy atom. The number of hydrogen-bond acceptors (Lipinski definition) is 6. The van der Waals surface area contributed by atoms with E-state index in [-0.39, 0.29) is 12.2 Å². The molecule has 30 heavy (non-hydrogen) atoms. The molecule has 1 N–H and O–H groups in total. The lowest BCUT2D eigenvalue weighted by Crippen LogP contribution is -2.26. The van der Waals surface area contributed by atoms with Crippen LogP contribution in [-0.4, -0.2) is 45.5 Å². The van der Waals surface area contributed by atoms with Crippen LogP contribution in [0.2, 0.25) is 0 Å². The van der Waals surface area contributed by atoms with Gasteiger partial charge in [0.05, 0.1) is 30.2 Å². The van der Waals surface area contributed by atoms with E-state index in [1.54, 1.807) is 0 Å². The van der Waals surface area contributed by atoms with Crippen molar-refractivity contribution < 1.29 is 14.6 Å². The van der Waals surface area contributed by atoms with Crippen LogP contribution < -0.4 is 4.74 Å². The molecule has 1 aliphatic heterocycles. The van der Waals surface area contributed by atoms with Gasteiger partial charge in [-0.25, -0.2) is 15.0 Å². The molecule has 3 heterocycles. The van der Waals surface area contributed by atoms with E-state index in [1.807, 2.05) is 12.4 Å². The SMILES string of the molecule is CCCC(C)Cc1ncc2c(OC3CCOCC3)ncc(C3CCC(O)CC3)c2n1. The highest BCUT2D eigenvalue weighted by Crippen LogP contribution is 2.37. The molecule has 0 amide bonds. The third-order valence-electron chi connectivity index (χ3n) is 6.56. The molecule has 0 spiro atoms. The third kappa shape index (κ3) is 5.09. The summed E-state index contributed by atoms with van der Waals surface area (Å²) in [6, 6.07) is 0. The van der Waals surface area contributed by atoms with Crippen LogP contribution in [-0.2, 0) is 11.2 Å². The molecule has 1 aliphatic carbocycles. The number of nitrogens with zero attached hydrogens (tertiary/aromatic N) is 3. The summed E-state index contributed by atoms with van der Waals surface area (Å²) in [5, 5.41) is 10.8. The van der Waals surface area contributed by atoms with Crippen LogP contribution in [0.3, 0.4) is 0 Å². The lowest BCUT2D eigenvalue weighted by Gasteiger charge is -2.27. The molecule has 0 bridgehead atoms. The zero-order valence-electron chi connectivity index (χ0n) is 18.3. The predicted octanol–water partition coefficient (Wildman–Crippen LogP) is 4.58. The third-order valence-corrected chi connectivity index (χ3v) is 6.56. The molecule has 2 aromatic rings. The minimum Gasteiger partial charge on any atom is -0.474 e.